The van der Waals surface area contributed by atoms with Gasteiger partial charge in [-0.25, -0.2) is 4.39 Å². The number of thiocarbonyl (C=S) groups is 2. The van der Waals surface area contributed by atoms with Gasteiger partial charge in [0.25, 0.3) is 0 Å². The molecule has 0 spiro atoms. The number of rotatable bonds is 10. The van der Waals surface area contributed by atoms with Gasteiger partial charge in [-0.15, -0.1) is 0 Å². The molecule has 0 radical (unpaired) electrons. The lowest BCUT2D eigenvalue weighted by Crippen LogP contribution is -2.30. The highest BCUT2D eigenvalue weighted by Gasteiger charge is 2.06. The van der Waals surface area contributed by atoms with Crippen LogP contribution in [0.25, 0.3) is 0 Å². The van der Waals surface area contributed by atoms with Crippen LogP contribution >= 0.6 is 56.3 Å². The van der Waals surface area contributed by atoms with Gasteiger partial charge in [0.05, 0.1) is 14.2 Å². The summed E-state index contributed by atoms with van der Waals surface area (Å²) in [4.78, 5) is 0. The van der Waals surface area contributed by atoms with Gasteiger partial charge in [0.1, 0.15) is 17.3 Å². The van der Waals surface area contributed by atoms with Gasteiger partial charge in [-0.1, -0.05) is 50.1 Å². The molecule has 4 rings (SSSR count). The van der Waals surface area contributed by atoms with Crippen molar-refractivity contribution in [3.63, 3.8) is 0 Å². The molecule has 0 aliphatic rings. The Hall–Kier alpha value is -3.25. The number of ether oxygens (including phenoxy) is 2. The minimum atomic E-state index is -0.180. The van der Waals surface area contributed by atoms with Crippen LogP contribution in [0.1, 0.15) is 11.1 Å². The molecule has 4 N–H and O–H groups in total. The summed E-state index contributed by atoms with van der Waals surface area (Å²) >= 11 is 17.3. The van der Waals surface area contributed by atoms with E-state index in [2.05, 4.69) is 53.1 Å². The predicted molar refractivity (Wildman–Crippen MR) is 190 cm³/mol. The summed E-state index contributed by atoms with van der Waals surface area (Å²) in [5.41, 5.74) is 3.62. The number of anilines is 2. The number of methoxy groups -OCH3 is 2. The van der Waals surface area contributed by atoms with Crippen LogP contribution in [0.15, 0.2) is 99.9 Å². The molecule has 0 aliphatic carbocycles. The van der Waals surface area contributed by atoms with E-state index in [1.807, 2.05) is 72.8 Å². The molecule has 0 saturated heterocycles. The molecule has 0 unspecified atom stereocenters. The third-order valence-electron chi connectivity index (χ3n) is 6.01. The van der Waals surface area contributed by atoms with Crippen LogP contribution in [-0.2, 0) is 12.8 Å². The van der Waals surface area contributed by atoms with Crippen molar-refractivity contribution >= 4 is 77.9 Å². The first kappa shape index (κ1) is 34.2. The summed E-state index contributed by atoms with van der Waals surface area (Å²) in [5, 5.41) is 13.6. The average molecular weight is 749 g/mol. The van der Waals surface area contributed by atoms with E-state index in [-0.39, 0.29) is 5.82 Å². The van der Waals surface area contributed by atoms with Gasteiger partial charge in [0, 0.05) is 33.4 Å². The van der Waals surface area contributed by atoms with Crippen LogP contribution in [0, 0.1) is 5.82 Å². The van der Waals surface area contributed by atoms with Crippen molar-refractivity contribution in [3.8, 4) is 11.5 Å². The molecule has 0 amide bonds. The second-order valence-electron chi connectivity index (χ2n) is 9.04. The lowest BCUT2D eigenvalue weighted by atomic mass is 10.1. The third kappa shape index (κ3) is 12.5. The maximum atomic E-state index is 13.4. The fraction of sp³-hybridized carbons (Fsp3) is 0.188. The van der Waals surface area contributed by atoms with Gasteiger partial charge in [-0.2, -0.15) is 0 Å². The van der Waals surface area contributed by atoms with Crippen molar-refractivity contribution in [1.29, 1.82) is 0 Å². The van der Waals surface area contributed by atoms with Crippen molar-refractivity contribution in [1.82, 2.24) is 10.6 Å². The van der Waals surface area contributed by atoms with Gasteiger partial charge in [-0.3, -0.25) is 0 Å². The SMILES string of the molecule is COc1ccc(OC)c(CCNC(=S)Nc2ccc(Br)cc2)c1.Fc1ccccc1CCNC(=S)Nc1ccc(Br)cc1. The third-order valence-corrected chi connectivity index (χ3v) is 7.56. The molecule has 0 fully saturated rings. The maximum absolute atomic E-state index is 13.4. The van der Waals surface area contributed by atoms with E-state index in [1.54, 1.807) is 26.4 Å². The summed E-state index contributed by atoms with van der Waals surface area (Å²) in [5.74, 6) is 1.48. The molecule has 0 saturated carbocycles. The highest BCUT2D eigenvalue weighted by atomic mass is 79.9. The van der Waals surface area contributed by atoms with Crippen LogP contribution < -0.4 is 30.7 Å². The van der Waals surface area contributed by atoms with Gasteiger partial charge >= 0.3 is 0 Å². The van der Waals surface area contributed by atoms with E-state index >= 15 is 0 Å². The van der Waals surface area contributed by atoms with Gasteiger partial charge in [-0.05, 0) is 121 Å². The minimum absolute atomic E-state index is 0.180. The number of halogens is 3. The number of hydrogen-bond donors (Lipinski definition) is 4. The Labute approximate surface area is 280 Å². The Morgan fingerprint density at radius 1 is 0.674 bits per heavy atom. The first-order chi connectivity index (χ1) is 20.8. The largest absolute Gasteiger partial charge is 0.497 e. The highest BCUT2D eigenvalue weighted by Crippen LogP contribution is 2.24. The van der Waals surface area contributed by atoms with Crippen LogP contribution in [0.2, 0.25) is 0 Å². The van der Waals surface area contributed by atoms with Crippen LogP contribution in [0.4, 0.5) is 15.8 Å². The summed E-state index contributed by atoms with van der Waals surface area (Å²) in [6.07, 6.45) is 1.37. The molecule has 0 bridgehead atoms. The first-order valence-corrected chi connectivity index (χ1v) is 15.7. The molecule has 11 heteroatoms. The Balaban J connectivity index is 0.000000238. The fourth-order valence-electron chi connectivity index (χ4n) is 3.82. The Morgan fingerprint density at radius 3 is 1.67 bits per heavy atom. The van der Waals surface area contributed by atoms with Crippen LogP contribution in [0.3, 0.4) is 0 Å². The summed E-state index contributed by atoms with van der Waals surface area (Å²) in [7, 11) is 3.32. The predicted octanol–water partition coefficient (Wildman–Crippen LogP) is 8.11. The molecule has 4 aromatic rings. The standard InChI is InChI=1S/C17H19BrN2O2S.C15H14BrFN2S/c1-21-15-7-8-16(22-2)12(11-15)9-10-19-17(23)20-14-5-3-13(18)4-6-14;16-12-5-7-13(8-6-12)19-15(20)18-10-9-11-3-1-2-4-14(11)17/h3-8,11H,9-10H2,1-2H3,(H2,19,20,23);1-8H,9-10H2,(H2,18,19,20). The fourth-order valence-corrected chi connectivity index (χ4v) is 4.79. The molecule has 0 atom stereocenters. The van der Waals surface area contributed by atoms with Gasteiger partial charge in [0.2, 0.25) is 0 Å². The monoisotopic (exact) mass is 746 g/mol. The van der Waals surface area contributed by atoms with Gasteiger partial charge < -0.3 is 30.7 Å². The van der Waals surface area contributed by atoms with Crippen molar-refractivity contribution < 1.29 is 13.9 Å². The van der Waals surface area contributed by atoms with Crippen molar-refractivity contribution in [2.45, 2.75) is 12.8 Å². The number of hydrogen-bond acceptors (Lipinski definition) is 4. The van der Waals surface area contributed by atoms with Crippen LogP contribution in [0.5, 0.6) is 11.5 Å². The zero-order chi connectivity index (χ0) is 31.0. The van der Waals surface area contributed by atoms with E-state index in [0.717, 1.165) is 43.8 Å². The maximum Gasteiger partial charge on any atom is 0.170 e. The lowest BCUT2D eigenvalue weighted by Gasteiger charge is -2.13. The summed E-state index contributed by atoms with van der Waals surface area (Å²) in [6, 6.07) is 28.1. The minimum Gasteiger partial charge on any atom is -0.497 e. The lowest BCUT2D eigenvalue weighted by molar-refractivity contribution is 0.398. The van der Waals surface area contributed by atoms with Crippen molar-refractivity contribution in [3.05, 3.63) is 117 Å². The molecule has 0 aromatic heterocycles. The Morgan fingerprint density at radius 2 is 1.19 bits per heavy atom. The molecule has 4 aromatic carbocycles. The zero-order valence-corrected chi connectivity index (χ0v) is 28.6. The smallest absolute Gasteiger partial charge is 0.170 e. The van der Waals surface area contributed by atoms with Crippen molar-refractivity contribution in [2.75, 3.05) is 37.9 Å². The molecule has 6 nitrogen and oxygen atoms in total. The quantitative estimate of drug-likeness (QED) is 0.122. The molecule has 226 valence electrons. The normalized spacial score (nSPS) is 10.1. The second-order valence-corrected chi connectivity index (χ2v) is 11.7. The average Bonchev–Trinajstić information content (AvgIpc) is 3.00. The number of nitrogens with one attached hydrogen (secondary N) is 4. The van der Waals surface area contributed by atoms with E-state index in [9.17, 15) is 4.39 Å². The zero-order valence-electron chi connectivity index (χ0n) is 23.8. The molecule has 0 heterocycles. The number of benzene rings is 4. The van der Waals surface area contributed by atoms with E-state index in [0.29, 0.717) is 35.3 Å². The Kier molecular flexibility index (Phi) is 14.7. The van der Waals surface area contributed by atoms with Crippen LogP contribution in [-0.4, -0.2) is 37.5 Å². The second kappa shape index (κ2) is 18.4. The summed E-state index contributed by atoms with van der Waals surface area (Å²) < 4.78 is 26.1. The Bertz CT molecular complexity index is 1480. The molecular formula is C32H33Br2FN4O2S2. The molecule has 0 aliphatic heterocycles. The topological polar surface area (TPSA) is 66.6 Å². The van der Waals surface area contributed by atoms with E-state index in [1.165, 1.54) is 6.07 Å². The molecule has 43 heavy (non-hydrogen) atoms. The summed E-state index contributed by atoms with van der Waals surface area (Å²) in [6.45, 7) is 1.29. The highest BCUT2D eigenvalue weighted by molar-refractivity contribution is 9.10. The molecular weight excluding hydrogens is 715 g/mol. The van der Waals surface area contributed by atoms with Gasteiger partial charge in [0.15, 0.2) is 10.2 Å². The van der Waals surface area contributed by atoms with Crippen molar-refractivity contribution in [2.24, 2.45) is 0 Å². The first-order valence-electron chi connectivity index (χ1n) is 13.3. The van der Waals surface area contributed by atoms with E-state index in [4.69, 9.17) is 33.9 Å². The van der Waals surface area contributed by atoms with E-state index < -0.39 is 0 Å².